The molecule has 0 amide bonds. The lowest BCUT2D eigenvalue weighted by Crippen LogP contribution is -2.60. The van der Waals surface area contributed by atoms with Crippen molar-refractivity contribution in [3.63, 3.8) is 0 Å². The van der Waals surface area contributed by atoms with E-state index < -0.39 is 0 Å². The number of likely N-dealkylation sites (tertiary alicyclic amines) is 1. The highest BCUT2D eigenvalue weighted by molar-refractivity contribution is 4.94. The van der Waals surface area contributed by atoms with E-state index in [9.17, 15) is 0 Å². The predicted octanol–water partition coefficient (Wildman–Crippen LogP) is 3.05. The summed E-state index contributed by atoms with van der Waals surface area (Å²) in [5.74, 6) is 0. The van der Waals surface area contributed by atoms with Crippen LogP contribution in [0.15, 0.2) is 0 Å². The Morgan fingerprint density at radius 2 is 1.74 bits per heavy atom. The molecule has 1 rings (SSSR count). The van der Waals surface area contributed by atoms with E-state index in [1.807, 2.05) is 0 Å². The van der Waals surface area contributed by atoms with Gasteiger partial charge in [-0.05, 0) is 59.7 Å². The average Bonchev–Trinajstić information content (AvgIpc) is 2.68. The van der Waals surface area contributed by atoms with E-state index in [0.29, 0.717) is 6.04 Å². The summed E-state index contributed by atoms with van der Waals surface area (Å²) in [4.78, 5) is 2.67. The Hall–Kier alpha value is -0.120. The molecule has 114 valence electrons. The maximum atomic E-state index is 5.71. The van der Waals surface area contributed by atoms with Crippen LogP contribution in [0.5, 0.6) is 0 Å². The number of hydrogen-bond acceptors (Lipinski definition) is 3. The van der Waals surface area contributed by atoms with Gasteiger partial charge in [-0.2, -0.15) is 0 Å². The van der Waals surface area contributed by atoms with Crippen molar-refractivity contribution in [2.45, 2.75) is 71.4 Å². The van der Waals surface area contributed by atoms with Crippen LogP contribution in [-0.4, -0.2) is 49.3 Å². The van der Waals surface area contributed by atoms with E-state index in [1.165, 1.54) is 45.2 Å². The first-order valence-corrected chi connectivity index (χ1v) is 8.19. The molecule has 0 radical (unpaired) electrons. The Labute approximate surface area is 120 Å². The van der Waals surface area contributed by atoms with Crippen molar-refractivity contribution in [1.82, 2.24) is 10.2 Å². The van der Waals surface area contributed by atoms with Crippen LogP contribution >= 0.6 is 0 Å². The van der Waals surface area contributed by atoms with Crippen LogP contribution in [0.4, 0.5) is 0 Å². The largest absolute Gasteiger partial charge is 0.380 e. The molecule has 1 saturated heterocycles. The zero-order valence-electron chi connectivity index (χ0n) is 13.5. The molecule has 0 spiro atoms. The highest BCUT2D eigenvalue weighted by atomic mass is 16.5. The molecule has 3 heteroatoms. The van der Waals surface area contributed by atoms with E-state index in [4.69, 9.17) is 4.74 Å². The molecule has 3 nitrogen and oxygen atoms in total. The molecule has 1 N–H and O–H groups in total. The second-order valence-corrected chi connectivity index (χ2v) is 6.22. The lowest BCUT2D eigenvalue weighted by atomic mass is 9.92. The van der Waals surface area contributed by atoms with Gasteiger partial charge in [-0.25, -0.2) is 0 Å². The lowest BCUT2D eigenvalue weighted by molar-refractivity contribution is 0.0299. The Kier molecular flexibility index (Phi) is 7.96. The maximum Gasteiger partial charge on any atom is 0.0637 e. The zero-order chi connectivity index (χ0) is 14.1. The fourth-order valence-electron chi connectivity index (χ4n) is 2.93. The van der Waals surface area contributed by atoms with Gasteiger partial charge in [0.1, 0.15) is 0 Å². The summed E-state index contributed by atoms with van der Waals surface area (Å²) in [7, 11) is 0. The van der Waals surface area contributed by atoms with Crippen molar-refractivity contribution in [2.24, 2.45) is 0 Å². The van der Waals surface area contributed by atoms with Gasteiger partial charge in [-0.15, -0.1) is 0 Å². The summed E-state index contributed by atoms with van der Waals surface area (Å²) in [5, 5.41) is 3.70. The molecule has 1 aliphatic rings. The van der Waals surface area contributed by atoms with E-state index in [1.54, 1.807) is 0 Å². The normalized spacial score (nSPS) is 20.2. The number of hydrogen-bond donors (Lipinski definition) is 1. The van der Waals surface area contributed by atoms with E-state index in [-0.39, 0.29) is 5.54 Å². The summed E-state index contributed by atoms with van der Waals surface area (Å²) in [6, 6.07) is 0.422. The lowest BCUT2D eigenvalue weighted by Gasteiger charge is -2.44. The van der Waals surface area contributed by atoms with Crippen LogP contribution in [0.1, 0.15) is 59.8 Å². The molecule has 1 aliphatic heterocycles. The summed E-state index contributed by atoms with van der Waals surface area (Å²) in [6.07, 6.45) is 6.66. The summed E-state index contributed by atoms with van der Waals surface area (Å²) in [6.45, 7) is 14.2. The van der Waals surface area contributed by atoms with Gasteiger partial charge in [0.15, 0.2) is 0 Å². The third kappa shape index (κ3) is 5.41. The van der Waals surface area contributed by atoms with Crippen molar-refractivity contribution in [2.75, 3.05) is 32.8 Å². The van der Waals surface area contributed by atoms with Gasteiger partial charge >= 0.3 is 0 Å². The molecule has 0 aromatic heterocycles. The van der Waals surface area contributed by atoms with E-state index in [0.717, 1.165) is 19.8 Å². The van der Waals surface area contributed by atoms with Crippen LogP contribution in [0.3, 0.4) is 0 Å². The van der Waals surface area contributed by atoms with Crippen molar-refractivity contribution in [3.05, 3.63) is 0 Å². The highest BCUT2D eigenvalue weighted by Gasteiger charge is 2.35. The molecule has 19 heavy (non-hydrogen) atoms. The predicted molar refractivity (Wildman–Crippen MR) is 82.7 cm³/mol. The summed E-state index contributed by atoms with van der Waals surface area (Å²) >= 11 is 0. The van der Waals surface area contributed by atoms with Gasteiger partial charge in [0.2, 0.25) is 0 Å². The highest BCUT2D eigenvalue weighted by Crippen LogP contribution is 2.24. The number of rotatable bonds is 8. The van der Waals surface area contributed by atoms with Crippen LogP contribution in [0, 0.1) is 0 Å². The van der Waals surface area contributed by atoms with Gasteiger partial charge < -0.3 is 10.1 Å². The second kappa shape index (κ2) is 8.93. The fraction of sp³-hybridized carbons (Fsp3) is 1.00. The van der Waals surface area contributed by atoms with Gasteiger partial charge in [-0.1, -0.05) is 19.8 Å². The molecule has 0 aromatic carbocycles. The fourth-order valence-corrected chi connectivity index (χ4v) is 2.93. The number of nitrogens with zero attached hydrogens (tertiary/aromatic N) is 1. The smallest absolute Gasteiger partial charge is 0.0637 e. The molecular formula is C16H34N2O. The molecule has 0 bridgehead atoms. The van der Waals surface area contributed by atoms with E-state index >= 15 is 0 Å². The molecule has 1 unspecified atom stereocenters. The minimum atomic E-state index is 0.175. The topological polar surface area (TPSA) is 24.5 Å². The van der Waals surface area contributed by atoms with Crippen LogP contribution in [-0.2, 0) is 4.74 Å². The van der Waals surface area contributed by atoms with Crippen molar-refractivity contribution < 1.29 is 4.74 Å². The summed E-state index contributed by atoms with van der Waals surface area (Å²) in [5.41, 5.74) is 0.175. The van der Waals surface area contributed by atoms with E-state index in [2.05, 4.69) is 37.9 Å². The minimum absolute atomic E-state index is 0.175. The van der Waals surface area contributed by atoms with Crippen LogP contribution in [0.25, 0.3) is 0 Å². The SMILES string of the molecule is CCCNC(COCC)C(C)(C)N1CCCCCC1. The maximum absolute atomic E-state index is 5.71. The first-order valence-electron chi connectivity index (χ1n) is 8.19. The third-order valence-corrected chi connectivity index (χ3v) is 4.40. The van der Waals surface area contributed by atoms with Crippen molar-refractivity contribution in [1.29, 1.82) is 0 Å². The van der Waals surface area contributed by atoms with Gasteiger partial charge in [0.05, 0.1) is 6.61 Å². The zero-order valence-corrected chi connectivity index (χ0v) is 13.5. The van der Waals surface area contributed by atoms with Gasteiger partial charge in [0, 0.05) is 18.2 Å². The second-order valence-electron chi connectivity index (χ2n) is 6.22. The first-order chi connectivity index (χ1) is 9.12. The van der Waals surface area contributed by atoms with Crippen molar-refractivity contribution >= 4 is 0 Å². The summed E-state index contributed by atoms with van der Waals surface area (Å²) < 4.78 is 5.71. The third-order valence-electron chi connectivity index (χ3n) is 4.40. The quantitative estimate of drug-likeness (QED) is 0.733. The van der Waals surface area contributed by atoms with Crippen LogP contribution < -0.4 is 5.32 Å². The Morgan fingerprint density at radius 1 is 1.11 bits per heavy atom. The first kappa shape index (κ1) is 16.9. The Morgan fingerprint density at radius 3 is 2.26 bits per heavy atom. The standard InChI is InChI=1S/C16H34N2O/c1-5-11-17-15(14-19-6-2)16(3,4)18-12-9-7-8-10-13-18/h15,17H,5-14H2,1-4H3. The molecule has 0 aliphatic carbocycles. The number of nitrogens with one attached hydrogen (secondary N) is 1. The van der Waals surface area contributed by atoms with Gasteiger partial charge in [0.25, 0.3) is 0 Å². The molecule has 1 fully saturated rings. The monoisotopic (exact) mass is 270 g/mol. The number of ether oxygens (including phenoxy) is 1. The molecule has 1 atom stereocenters. The van der Waals surface area contributed by atoms with Gasteiger partial charge in [-0.3, -0.25) is 4.90 Å². The molecular weight excluding hydrogens is 236 g/mol. The minimum Gasteiger partial charge on any atom is -0.380 e. The average molecular weight is 270 g/mol. The Bertz CT molecular complexity index is 215. The van der Waals surface area contributed by atoms with Crippen molar-refractivity contribution in [3.8, 4) is 0 Å². The molecule has 1 heterocycles. The Balaban J connectivity index is 2.64. The molecule has 0 aromatic rings. The molecule has 0 saturated carbocycles. The van der Waals surface area contributed by atoms with Crippen LogP contribution in [0.2, 0.25) is 0 Å².